The van der Waals surface area contributed by atoms with Crippen molar-refractivity contribution in [1.29, 1.82) is 0 Å². The molecule has 0 unspecified atom stereocenters. The topological polar surface area (TPSA) is 64.4 Å². The van der Waals surface area contributed by atoms with Gasteiger partial charge in [0.1, 0.15) is 12.4 Å². The van der Waals surface area contributed by atoms with Crippen molar-refractivity contribution in [3.05, 3.63) is 83.2 Å². The molecule has 1 amide bonds. The van der Waals surface area contributed by atoms with E-state index in [2.05, 4.69) is 35.6 Å². The zero-order valence-electron chi connectivity index (χ0n) is 18.2. The minimum atomic E-state index is 0.0295. The van der Waals surface area contributed by atoms with E-state index in [0.717, 1.165) is 31.5 Å². The molecule has 0 aliphatic carbocycles. The molecule has 0 spiro atoms. The third-order valence-corrected chi connectivity index (χ3v) is 6.62. The van der Waals surface area contributed by atoms with Crippen molar-refractivity contribution >= 4 is 11.7 Å². The second kappa shape index (κ2) is 8.61. The molecule has 3 aromatic rings. The molecule has 6 heteroatoms. The van der Waals surface area contributed by atoms with Crippen LogP contribution in [0.15, 0.2) is 60.9 Å². The molecule has 5 rings (SSSR count). The Bertz CT molecular complexity index is 1130. The fourth-order valence-corrected chi connectivity index (χ4v) is 5.03. The first-order chi connectivity index (χ1) is 15.6. The van der Waals surface area contributed by atoms with Crippen LogP contribution in [-0.4, -0.2) is 46.1 Å². The Morgan fingerprint density at radius 1 is 1.09 bits per heavy atom. The van der Waals surface area contributed by atoms with Gasteiger partial charge in [0, 0.05) is 49.8 Å². The molecule has 32 heavy (non-hydrogen) atoms. The van der Waals surface area contributed by atoms with Gasteiger partial charge in [0.15, 0.2) is 5.78 Å². The average Bonchev–Trinajstić information content (AvgIpc) is 3.25. The molecule has 0 N–H and O–H groups in total. The number of piperidine rings is 1. The minimum Gasteiger partial charge on any atom is -0.486 e. The maximum Gasteiger partial charge on any atom is 0.253 e. The van der Waals surface area contributed by atoms with Gasteiger partial charge in [-0.15, -0.1) is 0 Å². The SMILES string of the molecule is Cn1cc([C@H](c2ccccc2)C2CCN(C(=O)c3ccc4c(c3)CC(=O)CO4)CC2)cn1. The molecule has 0 saturated carbocycles. The van der Waals surface area contributed by atoms with Crippen molar-refractivity contribution in [3.63, 3.8) is 0 Å². The number of aromatic nitrogens is 2. The zero-order valence-corrected chi connectivity index (χ0v) is 18.2. The Balaban J connectivity index is 1.31. The number of ketones is 1. The van der Waals surface area contributed by atoms with Gasteiger partial charge in [-0.2, -0.15) is 5.10 Å². The summed E-state index contributed by atoms with van der Waals surface area (Å²) in [5.41, 5.74) is 3.96. The largest absolute Gasteiger partial charge is 0.486 e. The van der Waals surface area contributed by atoms with Crippen molar-refractivity contribution in [3.8, 4) is 5.75 Å². The Kier molecular flexibility index (Phi) is 5.52. The van der Waals surface area contributed by atoms with Crippen LogP contribution in [0.25, 0.3) is 0 Å². The first-order valence-corrected chi connectivity index (χ1v) is 11.2. The van der Waals surface area contributed by atoms with E-state index >= 15 is 0 Å². The molecule has 164 valence electrons. The molecule has 1 aromatic heterocycles. The van der Waals surface area contributed by atoms with E-state index in [4.69, 9.17) is 4.74 Å². The fraction of sp³-hybridized carbons (Fsp3) is 0.346. The molecule has 3 heterocycles. The molecule has 6 nitrogen and oxygen atoms in total. The van der Waals surface area contributed by atoms with Crippen LogP contribution in [-0.2, 0) is 18.3 Å². The molecule has 2 aliphatic heterocycles. The van der Waals surface area contributed by atoms with Gasteiger partial charge in [-0.1, -0.05) is 30.3 Å². The van der Waals surface area contributed by atoms with Gasteiger partial charge in [-0.05, 0) is 48.1 Å². The molecule has 0 bridgehead atoms. The minimum absolute atomic E-state index is 0.0295. The van der Waals surface area contributed by atoms with Crippen LogP contribution in [0.5, 0.6) is 5.75 Å². The number of hydrogen-bond acceptors (Lipinski definition) is 4. The van der Waals surface area contributed by atoms with Crippen LogP contribution >= 0.6 is 0 Å². The number of nitrogens with zero attached hydrogens (tertiary/aromatic N) is 3. The lowest BCUT2D eigenvalue weighted by Gasteiger charge is -2.36. The molecule has 1 saturated heterocycles. The summed E-state index contributed by atoms with van der Waals surface area (Å²) in [5, 5.41) is 4.40. The quantitative estimate of drug-likeness (QED) is 0.636. The smallest absolute Gasteiger partial charge is 0.253 e. The van der Waals surface area contributed by atoms with Crippen LogP contribution in [0.4, 0.5) is 0 Å². The highest BCUT2D eigenvalue weighted by Crippen LogP contribution is 2.38. The summed E-state index contributed by atoms with van der Waals surface area (Å²) < 4.78 is 7.32. The second-order valence-electron chi connectivity index (χ2n) is 8.79. The first kappa shape index (κ1) is 20.5. The van der Waals surface area contributed by atoms with Crippen LogP contribution < -0.4 is 4.74 Å². The summed E-state index contributed by atoms with van der Waals surface area (Å²) >= 11 is 0. The number of carbonyl (C=O) groups is 2. The van der Waals surface area contributed by atoms with Gasteiger partial charge < -0.3 is 9.64 Å². The number of carbonyl (C=O) groups excluding carboxylic acids is 2. The number of Topliss-reactive ketones (excluding diaryl/α,β-unsaturated/α-hetero) is 1. The molecular weight excluding hydrogens is 402 g/mol. The van der Waals surface area contributed by atoms with Crippen LogP contribution in [0.2, 0.25) is 0 Å². The van der Waals surface area contributed by atoms with E-state index < -0.39 is 0 Å². The van der Waals surface area contributed by atoms with Gasteiger partial charge in [0.05, 0.1) is 6.20 Å². The number of fused-ring (bicyclic) bond motifs is 1. The fourth-order valence-electron chi connectivity index (χ4n) is 5.03. The summed E-state index contributed by atoms with van der Waals surface area (Å²) in [7, 11) is 1.95. The van der Waals surface area contributed by atoms with Crippen LogP contribution in [0.1, 0.15) is 45.8 Å². The lowest BCUT2D eigenvalue weighted by molar-refractivity contribution is -0.121. The Labute approximate surface area is 187 Å². The lowest BCUT2D eigenvalue weighted by Crippen LogP contribution is -2.40. The first-order valence-electron chi connectivity index (χ1n) is 11.2. The molecular formula is C26H27N3O3. The standard InChI is InChI=1S/C26H27N3O3/c1-28-16-22(15-27-28)25(18-5-3-2-4-6-18)19-9-11-29(12-10-19)26(31)20-7-8-24-21(13-20)14-23(30)17-32-24/h2-8,13,15-16,19,25H,9-12,14,17H2,1H3/t25-/m1/s1. The van der Waals surface area contributed by atoms with E-state index in [1.165, 1.54) is 11.1 Å². The summed E-state index contributed by atoms with van der Waals surface area (Å²) in [5.74, 6) is 1.50. The number of benzene rings is 2. The Morgan fingerprint density at radius 2 is 1.88 bits per heavy atom. The molecule has 1 atom stereocenters. The van der Waals surface area contributed by atoms with Gasteiger partial charge in [0.2, 0.25) is 0 Å². The predicted octanol–water partition coefficient (Wildman–Crippen LogP) is 3.61. The summed E-state index contributed by atoms with van der Waals surface area (Å²) in [6.07, 6.45) is 6.28. The predicted molar refractivity (Wildman–Crippen MR) is 121 cm³/mol. The number of aryl methyl sites for hydroxylation is 1. The maximum atomic E-state index is 13.2. The number of rotatable bonds is 4. The van der Waals surface area contributed by atoms with Crippen molar-refractivity contribution < 1.29 is 14.3 Å². The van der Waals surface area contributed by atoms with Gasteiger partial charge in [-0.3, -0.25) is 14.3 Å². The van der Waals surface area contributed by atoms with Crippen molar-refractivity contribution in [2.45, 2.75) is 25.2 Å². The monoisotopic (exact) mass is 429 g/mol. The third kappa shape index (κ3) is 4.05. The van der Waals surface area contributed by atoms with E-state index in [-0.39, 0.29) is 24.2 Å². The average molecular weight is 430 g/mol. The highest BCUT2D eigenvalue weighted by atomic mass is 16.5. The molecule has 1 fully saturated rings. The summed E-state index contributed by atoms with van der Waals surface area (Å²) in [6, 6.07) is 16.0. The third-order valence-electron chi connectivity index (χ3n) is 6.62. The Morgan fingerprint density at radius 3 is 2.59 bits per heavy atom. The number of amides is 1. The molecule has 2 aliphatic rings. The van der Waals surface area contributed by atoms with E-state index in [0.29, 0.717) is 23.7 Å². The summed E-state index contributed by atoms with van der Waals surface area (Å²) in [6.45, 7) is 1.56. The molecule has 2 aromatic carbocycles. The zero-order chi connectivity index (χ0) is 22.1. The summed E-state index contributed by atoms with van der Waals surface area (Å²) in [4.78, 5) is 26.8. The number of likely N-dealkylation sites (tertiary alicyclic amines) is 1. The van der Waals surface area contributed by atoms with Gasteiger partial charge >= 0.3 is 0 Å². The normalized spacial score (nSPS) is 17.5. The highest BCUT2D eigenvalue weighted by molar-refractivity contribution is 5.95. The van der Waals surface area contributed by atoms with E-state index in [1.807, 2.05) is 47.1 Å². The number of ether oxygens (including phenoxy) is 1. The second-order valence-corrected chi connectivity index (χ2v) is 8.79. The van der Waals surface area contributed by atoms with Crippen molar-refractivity contribution in [2.75, 3.05) is 19.7 Å². The maximum absolute atomic E-state index is 13.2. The van der Waals surface area contributed by atoms with E-state index in [1.54, 1.807) is 0 Å². The highest BCUT2D eigenvalue weighted by Gasteiger charge is 2.31. The number of hydrogen-bond donors (Lipinski definition) is 0. The lowest BCUT2D eigenvalue weighted by atomic mass is 9.77. The molecule has 0 radical (unpaired) electrons. The van der Waals surface area contributed by atoms with Crippen molar-refractivity contribution in [1.82, 2.24) is 14.7 Å². The van der Waals surface area contributed by atoms with E-state index in [9.17, 15) is 9.59 Å². The van der Waals surface area contributed by atoms with Gasteiger partial charge in [-0.25, -0.2) is 0 Å². The van der Waals surface area contributed by atoms with Crippen LogP contribution in [0, 0.1) is 5.92 Å². The van der Waals surface area contributed by atoms with Crippen molar-refractivity contribution in [2.24, 2.45) is 13.0 Å². The Hall–Kier alpha value is -3.41. The van der Waals surface area contributed by atoms with Crippen LogP contribution in [0.3, 0.4) is 0 Å². The van der Waals surface area contributed by atoms with Gasteiger partial charge in [0.25, 0.3) is 5.91 Å².